The summed E-state index contributed by atoms with van der Waals surface area (Å²) in [4.78, 5) is 0. The molecule has 16 heavy (non-hydrogen) atoms. The number of rotatable bonds is 2. The van der Waals surface area contributed by atoms with E-state index in [1.54, 1.807) is 12.1 Å². The Labute approximate surface area is 107 Å². The van der Waals surface area contributed by atoms with E-state index in [4.69, 9.17) is 11.6 Å². The van der Waals surface area contributed by atoms with Gasteiger partial charge in [-0.3, -0.25) is 0 Å². The summed E-state index contributed by atoms with van der Waals surface area (Å²) >= 11 is 9.24. The van der Waals surface area contributed by atoms with Crippen LogP contribution in [0.1, 0.15) is 5.56 Å². The fourth-order valence-corrected chi connectivity index (χ4v) is 2.20. The van der Waals surface area contributed by atoms with Crippen LogP contribution in [-0.4, -0.2) is 0 Å². The summed E-state index contributed by atoms with van der Waals surface area (Å²) in [7, 11) is 0. The van der Waals surface area contributed by atoms with Crippen LogP contribution in [-0.2, 0) is 6.67 Å². The Morgan fingerprint density at radius 2 is 1.94 bits per heavy atom. The molecular weight excluding hydrogens is 290 g/mol. The monoisotopic (exact) mass is 298 g/mol. The lowest BCUT2D eigenvalue weighted by Crippen LogP contribution is -1.86. The summed E-state index contributed by atoms with van der Waals surface area (Å²) in [6.07, 6.45) is 0. The molecule has 3 heteroatoms. The maximum absolute atomic E-state index is 12.9. The van der Waals surface area contributed by atoms with E-state index in [2.05, 4.69) is 15.9 Å². The molecule has 0 atom stereocenters. The van der Waals surface area contributed by atoms with Crippen molar-refractivity contribution in [2.75, 3.05) is 0 Å². The summed E-state index contributed by atoms with van der Waals surface area (Å²) in [5.41, 5.74) is 2.48. The lowest BCUT2D eigenvalue weighted by molar-refractivity contribution is 0.486. The minimum Gasteiger partial charge on any atom is -0.246 e. The summed E-state index contributed by atoms with van der Waals surface area (Å²) in [5.74, 6) is 0. The third-order valence-electron chi connectivity index (χ3n) is 2.35. The van der Waals surface area contributed by atoms with E-state index in [9.17, 15) is 4.39 Å². The average molecular weight is 300 g/mol. The van der Waals surface area contributed by atoms with E-state index in [1.165, 1.54) is 0 Å². The minimum absolute atomic E-state index is 0.512. The molecule has 0 unspecified atom stereocenters. The second-order valence-corrected chi connectivity index (χ2v) is 4.80. The van der Waals surface area contributed by atoms with Crippen LogP contribution < -0.4 is 0 Å². The summed E-state index contributed by atoms with van der Waals surface area (Å²) in [6, 6.07) is 13.1. The van der Waals surface area contributed by atoms with Gasteiger partial charge in [-0.2, -0.15) is 0 Å². The Morgan fingerprint density at radius 3 is 2.62 bits per heavy atom. The first-order valence-electron chi connectivity index (χ1n) is 4.81. The van der Waals surface area contributed by atoms with Crippen molar-refractivity contribution >= 4 is 27.5 Å². The van der Waals surface area contributed by atoms with Crippen molar-refractivity contribution in [2.45, 2.75) is 6.67 Å². The van der Waals surface area contributed by atoms with Crippen molar-refractivity contribution in [1.82, 2.24) is 0 Å². The van der Waals surface area contributed by atoms with E-state index in [0.29, 0.717) is 10.6 Å². The summed E-state index contributed by atoms with van der Waals surface area (Å²) in [6.45, 7) is -0.512. The minimum atomic E-state index is -0.512. The highest BCUT2D eigenvalue weighted by molar-refractivity contribution is 9.10. The smallest absolute Gasteiger partial charge is 0.115 e. The van der Waals surface area contributed by atoms with Crippen LogP contribution in [0, 0.1) is 0 Å². The molecule has 0 saturated heterocycles. The van der Waals surface area contributed by atoms with Gasteiger partial charge in [0.2, 0.25) is 0 Å². The third-order valence-corrected chi connectivity index (χ3v) is 3.08. The van der Waals surface area contributed by atoms with Crippen LogP contribution in [0.2, 0.25) is 5.02 Å². The van der Waals surface area contributed by atoms with Gasteiger partial charge in [-0.25, -0.2) is 4.39 Å². The van der Waals surface area contributed by atoms with Crippen molar-refractivity contribution < 1.29 is 4.39 Å². The van der Waals surface area contributed by atoms with Gasteiger partial charge < -0.3 is 0 Å². The molecule has 0 aromatic heterocycles. The molecule has 0 nitrogen and oxygen atoms in total. The molecule has 0 spiro atoms. The number of hydrogen-bond donors (Lipinski definition) is 0. The first-order chi connectivity index (χ1) is 7.70. The zero-order valence-electron chi connectivity index (χ0n) is 8.38. The molecule has 0 bridgehead atoms. The van der Waals surface area contributed by atoms with Gasteiger partial charge in [0.15, 0.2) is 0 Å². The topological polar surface area (TPSA) is 0 Å². The van der Waals surface area contributed by atoms with Crippen LogP contribution in [0.4, 0.5) is 4.39 Å². The van der Waals surface area contributed by atoms with Gasteiger partial charge in [-0.15, -0.1) is 0 Å². The van der Waals surface area contributed by atoms with Crippen molar-refractivity contribution in [3.05, 3.63) is 57.5 Å². The normalized spacial score (nSPS) is 10.4. The van der Waals surface area contributed by atoms with Gasteiger partial charge in [0.05, 0.1) is 0 Å². The van der Waals surface area contributed by atoms with Gasteiger partial charge >= 0.3 is 0 Å². The standard InChI is InChI=1S/C13H9BrClF/c14-11-3-1-2-9(6-11)13-5-4-12(15)7-10(13)8-16/h1-7H,8H2. The van der Waals surface area contributed by atoms with Crippen LogP contribution in [0.15, 0.2) is 46.9 Å². The fraction of sp³-hybridized carbons (Fsp3) is 0.0769. The quantitative estimate of drug-likeness (QED) is 0.711. The molecule has 0 amide bonds. The molecule has 0 aliphatic rings. The van der Waals surface area contributed by atoms with Crippen LogP contribution in [0.3, 0.4) is 0 Å². The average Bonchev–Trinajstić information content (AvgIpc) is 2.28. The first-order valence-corrected chi connectivity index (χ1v) is 5.98. The Hall–Kier alpha value is -0.860. The Bertz CT molecular complexity index is 511. The molecule has 0 heterocycles. The molecular formula is C13H9BrClF. The van der Waals surface area contributed by atoms with Crippen molar-refractivity contribution in [3.63, 3.8) is 0 Å². The zero-order chi connectivity index (χ0) is 11.5. The Balaban J connectivity index is 2.55. The molecule has 2 aromatic carbocycles. The Kier molecular flexibility index (Phi) is 3.62. The first kappa shape index (κ1) is 11.6. The summed E-state index contributed by atoms with van der Waals surface area (Å²) < 4.78 is 13.9. The molecule has 2 aromatic rings. The SMILES string of the molecule is FCc1cc(Cl)ccc1-c1cccc(Br)c1. The van der Waals surface area contributed by atoms with Gasteiger partial charge in [0.25, 0.3) is 0 Å². The zero-order valence-corrected chi connectivity index (χ0v) is 10.7. The van der Waals surface area contributed by atoms with Crippen LogP contribution >= 0.6 is 27.5 Å². The van der Waals surface area contributed by atoms with E-state index in [1.807, 2.05) is 30.3 Å². The highest BCUT2D eigenvalue weighted by Gasteiger charge is 2.06. The van der Waals surface area contributed by atoms with Crippen molar-refractivity contribution in [2.24, 2.45) is 0 Å². The van der Waals surface area contributed by atoms with Crippen molar-refractivity contribution in [3.8, 4) is 11.1 Å². The van der Waals surface area contributed by atoms with E-state index in [-0.39, 0.29) is 0 Å². The van der Waals surface area contributed by atoms with E-state index < -0.39 is 6.67 Å². The predicted octanol–water partition coefficient (Wildman–Crippen LogP) is 5.24. The molecule has 82 valence electrons. The van der Waals surface area contributed by atoms with Gasteiger partial charge in [-0.05, 0) is 41.0 Å². The molecule has 0 aliphatic carbocycles. The molecule has 0 aliphatic heterocycles. The fourth-order valence-electron chi connectivity index (χ4n) is 1.61. The highest BCUT2D eigenvalue weighted by atomic mass is 79.9. The number of benzene rings is 2. The van der Waals surface area contributed by atoms with E-state index in [0.717, 1.165) is 15.6 Å². The maximum atomic E-state index is 12.9. The molecule has 0 saturated carbocycles. The lowest BCUT2D eigenvalue weighted by atomic mass is 10.0. The molecule has 0 N–H and O–H groups in total. The molecule has 2 rings (SSSR count). The second-order valence-electron chi connectivity index (χ2n) is 3.45. The molecule has 0 radical (unpaired) electrons. The predicted molar refractivity (Wildman–Crippen MR) is 69.4 cm³/mol. The summed E-state index contributed by atoms with van der Waals surface area (Å²) in [5, 5.41) is 0.561. The van der Waals surface area contributed by atoms with Gasteiger partial charge in [0, 0.05) is 9.50 Å². The largest absolute Gasteiger partial charge is 0.246 e. The Morgan fingerprint density at radius 1 is 1.12 bits per heavy atom. The van der Waals surface area contributed by atoms with Gasteiger partial charge in [-0.1, -0.05) is 45.7 Å². The van der Waals surface area contributed by atoms with E-state index >= 15 is 0 Å². The molecule has 0 fully saturated rings. The van der Waals surface area contributed by atoms with Crippen molar-refractivity contribution in [1.29, 1.82) is 0 Å². The number of alkyl halides is 1. The lowest BCUT2D eigenvalue weighted by Gasteiger charge is -2.07. The van der Waals surface area contributed by atoms with Crippen LogP contribution in [0.5, 0.6) is 0 Å². The maximum Gasteiger partial charge on any atom is 0.115 e. The highest BCUT2D eigenvalue weighted by Crippen LogP contribution is 2.28. The second kappa shape index (κ2) is 4.98. The van der Waals surface area contributed by atoms with Crippen LogP contribution in [0.25, 0.3) is 11.1 Å². The number of halogens is 3. The number of hydrogen-bond acceptors (Lipinski definition) is 0. The third kappa shape index (κ3) is 2.45. The van der Waals surface area contributed by atoms with Gasteiger partial charge in [0.1, 0.15) is 6.67 Å².